The molecule has 1 atom stereocenters. The average molecular weight is 199 g/mol. The minimum atomic E-state index is 0.324. The van der Waals surface area contributed by atoms with Crippen molar-refractivity contribution < 1.29 is 0 Å². The molecule has 1 rings (SSSR count). The van der Waals surface area contributed by atoms with Crippen molar-refractivity contribution in [2.45, 2.75) is 38.8 Å². The molecule has 0 bridgehead atoms. The first-order valence-electron chi connectivity index (χ1n) is 5.69. The van der Waals surface area contributed by atoms with Gasteiger partial charge in [0.25, 0.3) is 0 Å². The van der Waals surface area contributed by atoms with E-state index in [9.17, 15) is 0 Å². The summed E-state index contributed by atoms with van der Waals surface area (Å²) in [6.07, 6.45) is 1.21. The molecule has 1 unspecified atom stereocenters. The van der Waals surface area contributed by atoms with Crippen molar-refractivity contribution in [1.29, 1.82) is 0 Å². The van der Waals surface area contributed by atoms with Crippen molar-refractivity contribution in [3.05, 3.63) is 0 Å². The van der Waals surface area contributed by atoms with Gasteiger partial charge in [0.2, 0.25) is 0 Å². The monoisotopic (exact) mass is 199 g/mol. The van der Waals surface area contributed by atoms with Gasteiger partial charge in [-0.15, -0.1) is 0 Å². The summed E-state index contributed by atoms with van der Waals surface area (Å²) in [5.74, 6) is 0. The van der Waals surface area contributed by atoms with E-state index >= 15 is 0 Å². The van der Waals surface area contributed by atoms with Crippen molar-refractivity contribution in [3.63, 3.8) is 0 Å². The second-order valence-corrected chi connectivity index (χ2v) is 4.94. The third-order valence-electron chi connectivity index (χ3n) is 3.27. The van der Waals surface area contributed by atoms with Crippen LogP contribution in [0.25, 0.3) is 0 Å². The Morgan fingerprint density at radius 3 is 2.43 bits per heavy atom. The summed E-state index contributed by atoms with van der Waals surface area (Å²) < 4.78 is 0. The van der Waals surface area contributed by atoms with Crippen molar-refractivity contribution in [2.24, 2.45) is 0 Å². The van der Waals surface area contributed by atoms with Gasteiger partial charge in [-0.3, -0.25) is 4.90 Å². The molecule has 1 heterocycles. The van der Waals surface area contributed by atoms with Gasteiger partial charge >= 0.3 is 0 Å². The number of nitrogens with zero attached hydrogens (tertiary/aromatic N) is 1. The Bertz CT molecular complexity index is 162. The Labute approximate surface area is 88.2 Å². The molecule has 0 spiro atoms. The largest absolute Gasteiger partial charge is 0.317 e. The third-order valence-corrected chi connectivity index (χ3v) is 3.27. The number of hydrogen-bond donors (Lipinski definition) is 2. The van der Waals surface area contributed by atoms with Crippen LogP contribution in [0.5, 0.6) is 0 Å². The lowest BCUT2D eigenvalue weighted by Crippen LogP contribution is -2.55. The number of piperazine rings is 1. The maximum atomic E-state index is 3.40. The molecule has 1 aliphatic heterocycles. The summed E-state index contributed by atoms with van der Waals surface area (Å²) in [6, 6.07) is 0.597. The van der Waals surface area contributed by atoms with Crippen LogP contribution in [-0.4, -0.2) is 49.7 Å². The minimum Gasteiger partial charge on any atom is -0.317 e. The van der Waals surface area contributed by atoms with Crippen LogP contribution in [-0.2, 0) is 0 Å². The van der Waals surface area contributed by atoms with Gasteiger partial charge in [0.15, 0.2) is 0 Å². The van der Waals surface area contributed by atoms with Crippen LogP contribution in [0.4, 0.5) is 0 Å². The van der Waals surface area contributed by atoms with E-state index in [-0.39, 0.29) is 0 Å². The molecular weight excluding hydrogens is 174 g/mol. The SMILES string of the molecule is CNC(C)CC(C)(C)N1CCNCC1. The van der Waals surface area contributed by atoms with Crippen molar-refractivity contribution >= 4 is 0 Å². The van der Waals surface area contributed by atoms with Crippen molar-refractivity contribution in [1.82, 2.24) is 15.5 Å². The minimum absolute atomic E-state index is 0.324. The lowest BCUT2D eigenvalue weighted by Gasteiger charge is -2.42. The molecule has 3 heteroatoms. The van der Waals surface area contributed by atoms with E-state index in [1.54, 1.807) is 0 Å². The van der Waals surface area contributed by atoms with Crippen LogP contribution in [0.15, 0.2) is 0 Å². The second kappa shape index (κ2) is 5.10. The molecule has 2 N–H and O–H groups in total. The molecule has 0 aromatic carbocycles. The molecule has 3 nitrogen and oxygen atoms in total. The smallest absolute Gasteiger partial charge is 0.0169 e. The highest BCUT2D eigenvalue weighted by atomic mass is 15.2. The fourth-order valence-electron chi connectivity index (χ4n) is 2.25. The number of rotatable bonds is 4. The van der Waals surface area contributed by atoms with E-state index in [1.807, 2.05) is 7.05 Å². The second-order valence-electron chi connectivity index (χ2n) is 4.94. The van der Waals surface area contributed by atoms with Crippen molar-refractivity contribution in [2.75, 3.05) is 33.2 Å². The number of hydrogen-bond acceptors (Lipinski definition) is 3. The molecule has 1 saturated heterocycles. The Kier molecular flexibility index (Phi) is 4.35. The van der Waals surface area contributed by atoms with Crippen molar-refractivity contribution in [3.8, 4) is 0 Å². The molecular formula is C11H25N3. The maximum absolute atomic E-state index is 3.40. The average Bonchev–Trinajstić information content (AvgIpc) is 2.18. The van der Waals surface area contributed by atoms with Crippen LogP contribution < -0.4 is 10.6 Å². The summed E-state index contributed by atoms with van der Waals surface area (Å²) in [7, 11) is 2.04. The standard InChI is InChI=1S/C11H25N3/c1-10(12-4)9-11(2,3)14-7-5-13-6-8-14/h10,12-13H,5-9H2,1-4H3. The van der Waals surface area contributed by atoms with E-state index < -0.39 is 0 Å². The molecule has 0 radical (unpaired) electrons. The fraction of sp³-hybridized carbons (Fsp3) is 1.00. The first kappa shape index (κ1) is 12.0. The van der Waals surface area contributed by atoms with Gasteiger partial charge < -0.3 is 10.6 Å². The van der Waals surface area contributed by atoms with E-state index in [0.717, 1.165) is 13.1 Å². The normalized spacial score (nSPS) is 22.3. The molecule has 0 aromatic heterocycles. The van der Waals surface area contributed by atoms with Gasteiger partial charge in [-0.25, -0.2) is 0 Å². The highest BCUT2D eigenvalue weighted by Crippen LogP contribution is 2.20. The Morgan fingerprint density at radius 2 is 1.93 bits per heavy atom. The van der Waals surface area contributed by atoms with Gasteiger partial charge in [-0.1, -0.05) is 0 Å². The number of nitrogens with one attached hydrogen (secondary N) is 2. The van der Waals surface area contributed by atoms with E-state index in [2.05, 4.69) is 36.3 Å². The summed E-state index contributed by atoms with van der Waals surface area (Å²) in [5.41, 5.74) is 0.324. The molecule has 1 aliphatic rings. The van der Waals surface area contributed by atoms with Gasteiger partial charge in [-0.05, 0) is 34.2 Å². The summed E-state index contributed by atoms with van der Waals surface area (Å²) in [5, 5.41) is 6.71. The van der Waals surface area contributed by atoms with Crippen LogP contribution in [0.1, 0.15) is 27.2 Å². The van der Waals surface area contributed by atoms with Crippen LogP contribution in [0, 0.1) is 0 Å². The molecule has 0 saturated carbocycles. The quantitative estimate of drug-likeness (QED) is 0.697. The first-order chi connectivity index (χ1) is 6.56. The summed E-state index contributed by atoms with van der Waals surface area (Å²) in [4.78, 5) is 2.59. The molecule has 0 amide bonds. The third kappa shape index (κ3) is 3.23. The van der Waals surface area contributed by atoms with Gasteiger partial charge in [0.1, 0.15) is 0 Å². The topological polar surface area (TPSA) is 27.3 Å². The predicted molar refractivity (Wildman–Crippen MR) is 61.7 cm³/mol. The zero-order valence-electron chi connectivity index (χ0n) is 10.1. The first-order valence-corrected chi connectivity index (χ1v) is 5.69. The Balaban J connectivity index is 2.45. The molecule has 0 aliphatic carbocycles. The van der Waals surface area contributed by atoms with E-state index in [1.165, 1.54) is 19.5 Å². The van der Waals surface area contributed by atoms with Crippen LogP contribution >= 0.6 is 0 Å². The van der Waals surface area contributed by atoms with Gasteiger partial charge in [0.05, 0.1) is 0 Å². The highest BCUT2D eigenvalue weighted by molar-refractivity contribution is 4.87. The lowest BCUT2D eigenvalue weighted by molar-refractivity contribution is 0.0880. The fourth-order valence-corrected chi connectivity index (χ4v) is 2.25. The van der Waals surface area contributed by atoms with Crippen LogP contribution in [0.2, 0.25) is 0 Å². The van der Waals surface area contributed by atoms with Gasteiger partial charge in [0, 0.05) is 37.8 Å². The van der Waals surface area contributed by atoms with Crippen LogP contribution in [0.3, 0.4) is 0 Å². The summed E-state index contributed by atoms with van der Waals surface area (Å²) >= 11 is 0. The highest BCUT2D eigenvalue weighted by Gasteiger charge is 2.28. The molecule has 84 valence electrons. The Morgan fingerprint density at radius 1 is 1.36 bits per heavy atom. The van der Waals surface area contributed by atoms with Gasteiger partial charge in [-0.2, -0.15) is 0 Å². The zero-order valence-corrected chi connectivity index (χ0v) is 10.1. The van der Waals surface area contributed by atoms with E-state index in [0.29, 0.717) is 11.6 Å². The molecule has 0 aromatic rings. The Hall–Kier alpha value is -0.120. The maximum Gasteiger partial charge on any atom is 0.0169 e. The zero-order chi connectivity index (χ0) is 10.6. The summed E-state index contributed by atoms with van der Waals surface area (Å²) in [6.45, 7) is 11.6. The molecule has 1 fully saturated rings. The predicted octanol–water partition coefficient (Wildman–Crippen LogP) is 0.668. The molecule has 14 heavy (non-hydrogen) atoms. The van der Waals surface area contributed by atoms with E-state index in [4.69, 9.17) is 0 Å². The lowest BCUT2D eigenvalue weighted by atomic mass is 9.93.